The lowest BCUT2D eigenvalue weighted by molar-refractivity contribution is -0.129. The number of aromatic nitrogens is 2. The number of hydrogen-bond donors (Lipinski definition) is 0. The van der Waals surface area contributed by atoms with E-state index in [4.69, 9.17) is 11.6 Å². The van der Waals surface area contributed by atoms with E-state index in [1.54, 1.807) is 40.7 Å². The van der Waals surface area contributed by atoms with Crippen LogP contribution in [-0.4, -0.2) is 26.5 Å². The van der Waals surface area contributed by atoms with Crippen LogP contribution >= 0.6 is 22.9 Å². The summed E-state index contributed by atoms with van der Waals surface area (Å²) < 4.78 is 2.92. The van der Waals surface area contributed by atoms with Crippen molar-refractivity contribution in [3.63, 3.8) is 0 Å². The molecule has 0 unspecified atom stereocenters. The summed E-state index contributed by atoms with van der Waals surface area (Å²) in [5.41, 5.74) is 0.746. The maximum Gasteiger partial charge on any atom is 0.336 e. The lowest BCUT2D eigenvalue weighted by Gasteiger charge is -2.25. The number of halogens is 1. The Balaban J connectivity index is 2.05. The van der Waals surface area contributed by atoms with Gasteiger partial charge in [0.05, 0.1) is 17.6 Å². The van der Waals surface area contributed by atoms with Crippen molar-refractivity contribution in [3.05, 3.63) is 60.6 Å². The van der Waals surface area contributed by atoms with E-state index in [0.717, 1.165) is 10.4 Å². The lowest BCUT2D eigenvalue weighted by Crippen LogP contribution is -2.39. The van der Waals surface area contributed by atoms with E-state index >= 15 is 0 Å². The second-order valence-electron chi connectivity index (χ2n) is 7.78. The molecule has 0 N–H and O–H groups in total. The van der Waals surface area contributed by atoms with Crippen molar-refractivity contribution >= 4 is 39.1 Å². The molecule has 1 aliphatic heterocycles. The first-order valence-corrected chi connectivity index (χ1v) is 10.8. The van der Waals surface area contributed by atoms with Gasteiger partial charge in [0.15, 0.2) is 0 Å². The van der Waals surface area contributed by atoms with Crippen LogP contribution in [0.15, 0.2) is 33.9 Å². The van der Waals surface area contributed by atoms with E-state index in [0.29, 0.717) is 47.0 Å². The number of carbonyl (C=O) groups excluding carboxylic acids is 1. The average Bonchev–Trinajstić information content (AvgIpc) is 3.04. The van der Waals surface area contributed by atoms with Crippen molar-refractivity contribution in [2.75, 3.05) is 6.54 Å². The highest BCUT2D eigenvalue weighted by atomic mass is 35.5. The van der Waals surface area contributed by atoms with Crippen molar-refractivity contribution in [2.45, 2.75) is 40.3 Å². The second-order valence-corrected chi connectivity index (χ2v) is 9.30. The van der Waals surface area contributed by atoms with Crippen molar-refractivity contribution in [1.29, 1.82) is 0 Å². The van der Waals surface area contributed by atoms with Crippen LogP contribution < -0.4 is 11.2 Å². The molecule has 1 aromatic carbocycles. The van der Waals surface area contributed by atoms with Crippen LogP contribution in [-0.2, 0) is 24.3 Å². The normalized spacial score (nSPS) is 13.9. The van der Waals surface area contributed by atoms with Gasteiger partial charge in [-0.1, -0.05) is 31.5 Å². The molecule has 0 fully saturated rings. The molecule has 2 aromatic heterocycles. The molecule has 152 valence electrons. The Labute approximate surface area is 176 Å². The first-order valence-electron chi connectivity index (χ1n) is 9.59. The van der Waals surface area contributed by atoms with E-state index in [-0.39, 0.29) is 23.1 Å². The van der Waals surface area contributed by atoms with Crippen LogP contribution in [0.1, 0.15) is 31.2 Å². The molecule has 3 aromatic rings. The van der Waals surface area contributed by atoms with Gasteiger partial charge in [-0.2, -0.15) is 0 Å². The Kier molecular flexibility index (Phi) is 5.12. The topological polar surface area (TPSA) is 64.3 Å². The van der Waals surface area contributed by atoms with Crippen LogP contribution in [0.25, 0.3) is 15.9 Å². The van der Waals surface area contributed by atoms with Gasteiger partial charge in [-0.05, 0) is 36.1 Å². The SMILES string of the molecule is CC(=O)N1CCc2c(sc3c2c(=O)n(-c2cccc(Cl)c2)c(=O)n3CC(C)C)C1. The second kappa shape index (κ2) is 7.46. The van der Waals surface area contributed by atoms with Gasteiger partial charge in [0.25, 0.3) is 5.56 Å². The van der Waals surface area contributed by atoms with Crippen molar-refractivity contribution in [1.82, 2.24) is 14.0 Å². The molecule has 29 heavy (non-hydrogen) atoms. The van der Waals surface area contributed by atoms with Gasteiger partial charge in [0.1, 0.15) is 4.83 Å². The van der Waals surface area contributed by atoms with Gasteiger partial charge in [0, 0.05) is 29.9 Å². The van der Waals surface area contributed by atoms with Crippen LogP contribution in [0.3, 0.4) is 0 Å². The summed E-state index contributed by atoms with van der Waals surface area (Å²) in [6.07, 6.45) is 0.611. The molecule has 0 saturated heterocycles. The van der Waals surface area contributed by atoms with Crippen molar-refractivity contribution in [3.8, 4) is 5.69 Å². The monoisotopic (exact) mass is 431 g/mol. The molecule has 8 heteroatoms. The quantitative estimate of drug-likeness (QED) is 0.638. The van der Waals surface area contributed by atoms with Gasteiger partial charge in [0.2, 0.25) is 5.91 Å². The predicted molar refractivity (Wildman–Crippen MR) is 116 cm³/mol. The van der Waals surface area contributed by atoms with E-state index in [1.165, 1.54) is 15.9 Å². The number of amides is 1. The minimum absolute atomic E-state index is 0.0176. The number of nitrogens with zero attached hydrogens (tertiary/aromatic N) is 3. The molecule has 0 saturated carbocycles. The molecule has 0 spiro atoms. The zero-order chi connectivity index (χ0) is 20.9. The molecule has 6 nitrogen and oxygen atoms in total. The third-order valence-electron chi connectivity index (χ3n) is 5.18. The summed E-state index contributed by atoms with van der Waals surface area (Å²) in [5.74, 6) is 0.248. The van der Waals surface area contributed by atoms with Crippen LogP contribution in [0.5, 0.6) is 0 Å². The van der Waals surface area contributed by atoms with Gasteiger partial charge >= 0.3 is 5.69 Å². The Hall–Kier alpha value is -2.38. The fourth-order valence-corrected chi connectivity index (χ4v) is 5.38. The minimum Gasteiger partial charge on any atom is -0.337 e. The Morgan fingerprint density at radius 1 is 1.28 bits per heavy atom. The highest BCUT2D eigenvalue weighted by molar-refractivity contribution is 7.18. The lowest BCUT2D eigenvalue weighted by atomic mass is 10.1. The first kappa shape index (κ1) is 19.9. The van der Waals surface area contributed by atoms with Gasteiger partial charge in [-0.3, -0.25) is 14.2 Å². The van der Waals surface area contributed by atoms with E-state index < -0.39 is 0 Å². The molecule has 1 aliphatic rings. The molecule has 0 aliphatic carbocycles. The van der Waals surface area contributed by atoms with Gasteiger partial charge in [-0.15, -0.1) is 11.3 Å². The maximum atomic E-state index is 13.5. The minimum atomic E-state index is -0.361. The smallest absolute Gasteiger partial charge is 0.336 e. The standard InChI is InChI=1S/C21H22ClN3O3S/c1-12(2)10-24-20-18(16-7-8-23(13(3)26)11-17(16)29-20)19(27)25(21(24)28)15-6-4-5-14(22)9-15/h4-6,9,12H,7-8,10-11H2,1-3H3. The molecule has 0 bridgehead atoms. The molecule has 3 heterocycles. The van der Waals surface area contributed by atoms with Gasteiger partial charge < -0.3 is 4.90 Å². The highest BCUT2D eigenvalue weighted by Gasteiger charge is 2.27. The van der Waals surface area contributed by atoms with Crippen LogP contribution in [0, 0.1) is 5.92 Å². The summed E-state index contributed by atoms with van der Waals surface area (Å²) >= 11 is 7.58. The summed E-state index contributed by atoms with van der Waals surface area (Å²) in [4.78, 5) is 42.1. The Morgan fingerprint density at radius 3 is 2.69 bits per heavy atom. The van der Waals surface area contributed by atoms with Crippen LogP contribution in [0.2, 0.25) is 5.02 Å². The summed E-state index contributed by atoms with van der Waals surface area (Å²) in [6, 6.07) is 6.79. The summed E-state index contributed by atoms with van der Waals surface area (Å²) in [6.45, 7) is 7.20. The third-order valence-corrected chi connectivity index (χ3v) is 6.66. The summed E-state index contributed by atoms with van der Waals surface area (Å²) in [5, 5.41) is 1.06. The van der Waals surface area contributed by atoms with Crippen molar-refractivity contribution < 1.29 is 4.79 Å². The fourth-order valence-electron chi connectivity index (χ4n) is 3.84. The summed E-state index contributed by atoms with van der Waals surface area (Å²) in [7, 11) is 0. The number of hydrogen-bond acceptors (Lipinski definition) is 4. The highest BCUT2D eigenvalue weighted by Crippen LogP contribution is 2.33. The number of carbonyl (C=O) groups is 1. The number of benzene rings is 1. The molecule has 4 rings (SSSR count). The Morgan fingerprint density at radius 2 is 2.03 bits per heavy atom. The molecular formula is C21H22ClN3O3S. The van der Waals surface area contributed by atoms with Gasteiger partial charge in [-0.25, -0.2) is 9.36 Å². The first-order chi connectivity index (χ1) is 13.8. The van der Waals surface area contributed by atoms with E-state index in [9.17, 15) is 14.4 Å². The largest absolute Gasteiger partial charge is 0.337 e. The van der Waals surface area contributed by atoms with Crippen LogP contribution in [0.4, 0.5) is 0 Å². The molecule has 1 amide bonds. The number of fused-ring (bicyclic) bond motifs is 3. The number of rotatable bonds is 3. The van der Waals surface area contributed by atoms with E-state index in [2.05, 4.69) is 0 Å². The average molecular weight is 432 g/mol. The fraction of sp³-hybridized carbons (Fsp3) is 0.381. The zero-order valence-electron chi connectivity index (χ0n) is 16.6. The van der Waals surface area contributed by atoms with Crippen molar-refractivity contribution in [2.24, 2.45) is 5.92 Å². The molecule has 0 radical (unpaired) electrons. The molecule has 0 atom stereocenters. The van der Waals surface area contributed by atoms with E-state index in [1.807, 2.05) is 13.8 Å². The Bertz CT molecular complexity index is 1240. The predicted octanol–water partition coefficient (Wildman–Crippen LogP) is 3.43. The molecular weight excluding hydrogens is 410 g/mol. The zero-order valence-corrected chi connectivity index (χ0v) is 18.1. The maximum absolute atomic E-state index is 13.5. The number of thiophene rings is 1. The third kappa shape index (κ3) is 3.42.